The molecule has 7 atom stereocenters. The standard InChI is InChI=1S/C86H109N17O12/c1-9-67(97-78(109)72(101-76(107)69(95-58(3)104)48-33-51-91-82(88-7)89-8)52-65-54-102(56-93-65)85(59-34-17-11-18-35-59,60-36-19-12-20-37-60)61-38-21-13-22-39-61)74(105)98-70(46-29-31-49-90-81(87)113)77(108)96-68(10-2)75(106)100-73(79(110)99-71(80(111)112)47-30-32-50-92-83(114)115-84(4,5)6)53-66-55-103(57-94-66)86(62-40-23-14-24-41-62,63-42-25-15-26-43-63)64-44-27-16-28-45-64/h11-28,34-45,54-57,67-73H,9-10,29-33,46-53H2,1-8H3,(H,92,114)(H,95,104)(H,96,108)(H,97,109)(H,98,105)(H,99,110)(H,100,106)(H,101,107)(H,111,112)(H3,87,90,113)(H2,88,89,91). The highest BCUT2D eigenvalue weighted by atomic mass is 16.6. The number of rotatable bonds is 42. The van der Waals surface area contributed by atoms with E-state index in [1.165, 1.54) is 6.92 Å². The molecule has 29 heteroatoms. The number of benzene rings is 6. The third-order valence-corrected chi connectivity index (χ3v) is 19.5. The predicted molar refractivity (Wildman–Crippen MR) is 438 cm³/mol. The monoisotopic (exact) mass is 1570 g/mol. The summed E-state index contributed by atoms with van der Waals surface area (Å²) in [4.78, 5) is 154. The van der Waals surface area contributed by atoms with E-state index in [1.54, 1.807) is 73.8 Å². The van der Waals surface area contributed by atoms with Gasteiger partial charge in [-0.2, -0.15) is 0 Å². The van der Waals surface area contributed by atoms with Crippen molar-refractivity contribution in [3.63, 3.8) is 0 Å². The quantitative estimate of drug-likeness (QED) is 0.00794. The summed E-state index contributed by atoms with van der Waals surface area (Å²) < 4.78 is 9.21. The van der Waals surface area contributed by atoms with Gasteiger partial charge in [-0.1, -0.05) is 196 Å². The van der Waals surface area contributed by atoms with E-state index in [1.807, 2.05) is 191 Å². The van der Waals surface area contributed by atoms with Crippen molar-refractivity contribution in [1.29, 1.82) is 0 Å². The van der Waals surface area contributed by atoms with Crippen LogP contribution in [0.15, 0.2) is 212 Å². The molecule has 10 amide bonds. The third kappa shape index (κ3) is 24.7. The van der Waals surface area contributed by atoms with Gasteiger partial charge in [0.2, 0.25) is 41.4 Å². The first kappa shape index (κ1) is 87.9. The summed E-state index contributed by atoms with van der Waals surface area (Å²) >= 11 is 0. The average Bonchev–Trinajstić information content (AvgIpc) is 1.73. The van der Waals surface area contributed by atoms with E-state index in [2.05, 4.69) is 63.5 Å². The Balaban J connectivity index is 1.08. The number of carbonyl (C=O) groups excluding carboxylic acids is 9. The number of primary amides is 1. The lowest BCUT2D eigenvalue weighted by molar-refractivity contribution is -0.142. The smallest absolute Gasteiger partial charge is 0.407 e. The number of urea groups is 1. The molecule has 2 aromatic heterocycles. The molecule has 2 heterocycles. The minimum Gasteiger partial charge on any atom is -0.480 e. The lowest BCUT2D eigenvalue weighted by atomic mass is 9.77. The lowest BCUT2D eigenvalue weighted by Crippen LogP contribution is -2.60. The summed E-state index contributed by atoms with van der Waals surface area (Å²) in [5, 5.41) is 41.3. The molecule has 610 valence electrons. The molecular weight excluding hydrogens is 1460 g/mol. The number of guanidine groups is 1. The first-order valence-corrected chi connectivity index (χ1v) is 38.9. The Hall–Kier alpha value is -12.7. The second-order valence-corrected chi connectivity index (χ2v) is 28.9. The van der Waals surface area contributed by atoms with Crippen LogP contribution in [0.4, 0.5) is 9.59 Å². The Kier molecular flexibility index (Phi) is 33.1. The van der Waals surface area contributed by atoms with E-state index in [0.29, 0.717) is 36.7 Å². The van der Waals surface area contributed by atoms with Crippen LogP contribution in [0.1, 0.15) is 151 Å². The van der Waals surface area contributed by atoms with Gasteiger partial charge in [0.25, 0.3) is 0 Å². The Morgan fingerprint density at radius 3 is 1.09 bits per heavy atom. The number of carbonyl (C=O) groups is 10. The number of carboxylic acid groups (broad SMARTS) is 1. The molecule has 0 fully saturated rings. The number of hydrogen-bond acceptors (Lipinski definition) is 14. The number of amides is 10. The van der Waals surface area contributed by atoms with Gasteiger partial charge in [0.1, 0.15) is 59.0 Å². The topological polar surface area (TPSA) is 407 Å². The zero-order valence-electron chi connectivity index (χ0n) is 66.5. The van der Waals surface area contributed by atoms with E-state index in [0.717, 1.165) is 33.4 Å². The fourth-order valence-electron chi connectivity index (χ4n) is 13.9. The molecule has 8 rings (SSSR count). The van der Waals surface area contributed by atoms with Gasteiger partial charge in [-0.3, -0.25) is 38.6 Å². The van der Waals surface area contributed by atoms with Gasteiger partial charge < -0.3 is 83.2 Å². The lowest BCUT2D eigenvalue weighted by Gasteiger charge is -2.37. The number of nitrogens with two attached hydrogens (primary N) is 1. The number of hydrogen-bond donors (Lipinski definition) is 13. The largest absolute Gasteiger partial charge is 0.480 e. The van der Waals surface area contributed by atoms with Crippen molar-refractivity contribution in [2.75, 3.05) is 33.7 Å². The number of carboxylic acids is 1. The molecule has 0 aliphatic heterocycles. The molecule has 0 saturated heterocycles. The van der Waals surface area contributed by atoms with Crippen molar-refractivity contribution < 1.29 is 57.8 Å². The molecule has 0 bridgehead atoms. The molecule has 0 aliphatic rings. The van der Waals surface area contributed by atoms with Crippen molar-refractivity contribution >= 4 is 65.4 Å². The summed E-state index contributed by atoms with van der Waals surface area (Å²) in [6.45, 7) is 10.3. The van der Waals surface area contributed by atoms with Crippen LogP contribution >= 0.6 is 0 Å². The first-order valence-electron chi connectivity index (χ1n) is 38.9. The maximum Gasteiger partial charge on any atom is 0.407 e. The van der Waals surface area contributed by atoms with Gasteiger partial charge in [0.05, 0.1) is 24.0 Å². The molecule has 0 spiro atoms. The summed E-state index contributed by atoms with van der Waals surface area (Å²) in [7, 11) is 3.31. The zero-order valence-corrected chi connectivity index (χ0v) is 66.5. The molecule has 14 N–H and O–H groups in total. The van der Waals surface area contributed by atoms with Crippen LogP contribution in [0.3, 0.4) is 0 Å². The van der Waals surface area contributed by atoms with Crippen molar-refractivity contribution in [3.05, 3.63) is 252 Å². The summed E-state index contributed by atoms with van der Waals surface area (Å²) in [6, 6.07) is 48.3. The van der Waals surface area contributed by atoms with Gasteiger partial charge in [-0.25, -0.2) is 24.4 Å². The fraction of sp³-hybridized carbons (Fsp3) is 0.384. The molecule has 8 aromatic rings. The van der Waals surface area contributed by atoms with E-state index < -0.39 is 118 Å². The molecular formula is C86H109N17O12. The van der Waals surface area contributed by atoms with Crippen LogP contribution in [0.2, 0.25) is 0 Å². The van der Waals surface area contributed by atoms with Gasteiger partial charge in [0, 0.05) is 65.9 Å². The number of aliphatic carboxylic acids is 1. The number of alkyl carbamates (subject to hydrolysis) is 1. The van der Waals surface area contributed by atoms with Crippen LogP contribution in [0, 0.1) is 0 Å². The van der Waals surface area contributed by atoms with Gasteiger partial charge in [-0.15, -0.1) is 0 Å². The normalized spacial score (nSPS) is 13.4. The number of imidazole rings is 2. The van der Waals surface area contributed by atoms with Crippen molar-refractivity contribution in [2.24, 2.45) is 10.7 Å². The van der Waals surface area contributed by atoms with Crippen molar-refractivity contribution in [2.45, 2.75) is 178 Å². The van der Waals surface area contributed by atoms with Crippen LogP contribution in [0.25, 0.3) is 0 Å². The van der Waals surface area contributed by atoms with Gasteiger partial charge >= 0.3 is 18.1 Å². The highest BCUT2D eigenvalue weighted by molar-refractivity contribution is 5.97. The van der Waals surface area contributed by atoms with Crippen LogP contribution in [0.5, 0.6) is 0 Å². The van der Waals surface area contributed by atoms with Crippen LogP contribution in [-0.2, 0) is 67.0 Å². The summed E-state index contributed by atoms with van der Waals surface area (Å²) in [5.74, 6) is -6.28. The Morgan fingerprint density at radius 1 is 0.435 bits per heavy atom. The number of aromatic nitrogens is 4. The second-order valence-electron chi connectivity index (χ2n) is 28.9. The Labute approximate surface area is 671 Å². The highest BCUT2D eigenvalue weighted by Gasteiger charge is 2.42. The number of nitrogens with one attached hydrogen (secondary N) is 11. The van der Waals surface area contributed by atoms with E-state index >= 15 is 9.59 Å². The minimum atomic E-state index is -1.53. The molecule has 0 saturated carbocycles. The summed E-state index contributed by atoms with van der Waals surface area (Å²) in [5.41, 5.74) is 8.54. The number of ether oxygens (including phenoxy) is 1. The number of nitrogens with zero attached hydrogens (tertiary/aromatic N) is 5. The van der Waals surface area contributed by atoms with E-state index in [-0.39, 0.29) is 77.3 Å². The zero-order chi connectivity index (χ0) is 82.9. The van der Waals surface area contributed by atoms with Crippen molar-refractivity contribution in [1.82, 2.24) is 77.6 Å². The van der Waals surface area contributed by atoms with Crippen LogP contribution in [-0.4, -0.2) is 171 Å². The molecule has 115 heavy (non-hydrogen) atoms. The average molecular weight is 1570 g/mol. The third-order valence-electron chi connectivity index (χ3n) is 19.5. The SMILES string of the molecule is CCC(NC(=O)C(CCCCNC(N)=O)NC(=O)C(CC)NC(=O)C(Cc1cn(C(c2ccccc2)(c2ccccc2)c2ccccc2)cn1)NC(=O)C(CCCNC(=NC)NC)NC(C)=O)C(=O)NC(Cc1cn(C(c2ccccc2)(c2ccccc2)c2ccccc2)cn1)C(=O)NC(CCCCNC(=O)OC(C)(C)C)C(=O)O. The first-order chi connectivity index (χ1) is 55.3. The Morgan fingerprint density at radius 2 is 0.748 bits per heavy atom. The molecule has 7 unspecified atom stereocenters. The highest BCUT2D eigenvalue weighted by Crippen LogP contribution is 2.43. The fourth-order valence-corrected chi connectivity index (χ4v) is 13.9. The Bertz CT molecular complexity index is 4310. The molecule has 6 aromatic carbocycles. The molecule has 29 nitrogen and oxygen atoms in total. The van der Waals surface area contributed by atoms with E-state index in [9.17, 15) is 43.5 Å². The summed E-state index contributed by atoms with van der Waals surface area (Å²) in [6.07, 6.45) is 7.01. The van der Waals surface area contributed by atoms with Gasteiger partial charge in [-0.05, 0) is 118 Å². The molecule has 0 aliphatic carbocycles. The van der Waals surface area contributed by atoms with Crippen molar-refractivity contribution in [3.8, 4) is 0 Å². The minimum absolute atomic E-state index is 0.0455. The molecule has 0 radical (unpaired) electrons. The maximum atomic E-state index is 15.2. The van der Waals surface area contributed by atoms with Crippen LogP contribution < -0.4 is 64.2 Å². The predicted octanol–water partition coefficient (Wildman–Crippen LogP) is 6.97. The van der Waals surface area contributed by atoms with Gasteiger partial charge in [0.15, 0.2) is 5.96 Å². The maximum absolute atomic E-state index is 15.2. The second kappa shape index (κ2) is 43.4. The number of aliphatic imine (C=N–C) groups is 1. The van der Waals surface area contributed by atoms with E-state index in [4.69, 9.17) is 20.4 Å². The number of unbranched alkanes of at least 4 members (excludes halogenated alkanes) is 2.